The van der Waals surface area contributed by atoms with Crippen LogP contribution in [0.1, 0.15) is 63.2 Å². The van der Waals surface area contributed by atoms with Gasteiger partial charge in [-0.05, 0) is 70.7 Å². The Balaban J connectivity index is 1.73. The Kier molecular flexibility index (Phi) is 8.50. The van der Waals surface area contributed by atoms with Crippen molar-refractivity contribution in [1.82, 2.24) is 10.6 Å². The van der Waals surface area contributed by atoms with Crippen molar-refractivity contribution in [3.63, 3.8) is 0 Å². The molecule has 1 aliphatic rings. The Morgan fingerprint density at radius 3 is 2.23 bits per heavy atom. The molecule has 1 aromatic rings. The highest BCUT2D eigenvalue weighted by Gasteiger charge is 2.25. The molecule has 166 valence electrons. The number of alkyl carbamates (subject to hydrolysis) is 1. The summed E-state index contributed by atoms with van der Waals surface area (Å²) in [6, 6.07) is 7.01. The summed E-state index contributed by atoms with van der Waals surface area (Å²) in [5.41, 5.74) is -0.00748. The zero-order chi connectivity index (χ0) is 22.1. The van der Waals surface area contributed by atoms with Crippen molar-refractivity contribution in [2.75, 3.05) is 13.7 Å². The van der Waals surface area contributed by atoms with E-state index < -0.39 is 5.60 Å². The van der Waals surface area contributed by atoms with Crippen LogP contribution in [0.5, 0.6) is 5.75 Å². The van der Waals surface area contributed by atoms with E-state index in [-0.39, 0.29) is 43.1 Å². The third-order valence-electron chi connectivity index (χ3n) is 4.66. The van der Waals surface area contributed by atoms with Gasteiger partial charge < -0.3 is 24.8 Å². The monoisotopic (exact) mass is 420 g/mol. The average molecular weight is 421 g/mol. The first-order valence-corrected chi connectivity index (χ1v) is 10.3. The Morgan fingerprint density at radius 2 is 1.67 bits per heavy atom. The van der Waals surface area contributed by atoms with Crippen LogP contribution in [-0.4, -0.2) is 49.4 Å². The van der Waals surface area contributed by atoms with Gasteiger partial charge in [0.15, 0.2) is 0 Å². The molecule has 0 atom stereocenters. The predicted molar refractivity (Wildman–Crippen MR) is 111 cm³/mol. The summed E-state index contributed by atoms with van der Waals surface area (Å²) in [6.45, 7) is 5.75. The molecule has 0 bridgehead atoms. The molecular formula is C22H32N2O6. The fourth-order valence-electron chi connectivity index (χ4n) is 3.16. The second kappa shape index (κ2) is 10.8. The summed E-state index contributed by atoms with van der Waals surface area (Å²) >= 11 is 0. The second-order valence-electron chi connectivity index (χ2n) is 8.34. The van der Waals surface area contributed by atoms with Gasteiger partial charge in [-0.1, -0.05) is 0 Å². The number of ether oxygens (including phenoxy) is 3. The molecular weight excluding hydrogens is 388 g/mol. The van der Waals surface area contributed by atoms with Crippen LogP contribution in [0.15, 0.2) is 24.3 Å². The average Bonchev–Trinajstić information content (AvgIpc) is 2.68. The lowest BCUT2D eigenvalue weighted by molar-refractivity contribution is -0.140. The number of benzene rings is 1. The fraction of sp³-hybridized carbons (Fsp3) is 0.591. The molecule has 0 aliphatic heterocycles. The van der Waals surface area contributed by atoms with Crippen molar-refractivity contribution in [3.05, 3.63) is 29.8 Å². The van der Waals surface area contributed by atoms with Gasteiger partial charge in [-0.15, -0.1) is 0 Å². The van der Waals surface area contributed by atoms with Crippen molar-refractivity contribution < 1.29 is 28.6 Å². The van der Waals surface area contributed by atoms with Gasteiger partial charge in [0.1, 0.15) is 11.4 Å². The number of methoxy groups -OCH3 is 1. The molecule has 8 nitrogen and oxygen atoms in total. The van der Waals surface area contributed by atoms with E-state index in [0.29, 0.717) is 11.3 Å². The number of esters is 1. The molecule has 1 aliphatic carbocycles. The van der Waals surface area contributed by atoms with Crippen LogP contribution in [0.3, 0.4) is 0 Å². The molecule has 2 amide bonds. The summed E-state index contributed by atoms with van der Waals surface area (Å²) in [4.78, 5) is 35.0. The maximum Gasteiger partial charge on any atom is 0.407 e. The lowest BCUT2D eigenvalue weighted by Gasteiger charge is -2.30. The lowest BCUT2D eigenvalue weighted by atomic mass is 9.93. The van der Waals surface area contributed by atoms with Crippen LogP contribution in [-0.2, 0) is 14.3 Å². The standard InChI is InChI=1S/C22H32N2O6/c1-22(2,3)30-21(27)24-16-7-11-18(12-8-16)29-17-9-5-15(6-10-17)20(26)23-14-13-19(25)28-4/h5-6,9-10,16,18H,7-8,11-14H2,1-4H3,(H,23,26)(H,24,27). The van der Waals surface area contributed by atoms with Gasteiger partial charge in [-0.2, -0.15) is 0 Å². The van der Waals surface area contributed by atoms with Gasteiger partial charge in [-0.3, -0.25) is 9.59 Å². The van der Waals surface area contributed by atoms with Gasteiger partial charge in [0.05, 0.1) is 19.6 Å². The number of carbonyl (C=O) groups excluding carboxylic acids is 3. The molecule has 0 aromatic heterocycles. The quantitative estimate of drug-likeness (QED) is 0.657. The molecule has 0 heterocycles. The van der Waals surface area contributed by atoms with E-state index in [2.05, 4.69) is 15.4 Å². The Hall–Kier alpha value is -2.77. The molecule has 30 heavy (non-hydrogen) atoms. The maximum absolute atomic E-state index is 12.1. The van der Waals surface area contributed by atoms with E-state index in [4.69, 9.17) is 9.47 Å². The highest BCUT2D eigenvalue weighted by atomic mass is 16.6. The largest absolute Gasteiger partial charge is 0.490 e. The number of nitrogens with one attached hydrogen (secondary N) is 2. The first kappa shape index (κ1) is 23.5. The summed E-state index contributed by atoms with van der Waals surface area (Å²) < 4.78 is 15.8. The Bertz CT molecular complexity index is 718. The number of hydrogen-bond donors (Lipinski definition) is 2. The topological polar surface area (TPSA) is 103 Å². The molecule has 2 rings (SSSR count). The molecule has 0 spiro atoms. The van der Waals surface area contributed by atoms with Crippen LogP contribution < -0.4 is 15.4 Å². The molecule has 1 fully saturated rings. The number of rotatable bonds is 7. The first-order valence-electron chi connectivity index (χ1n) is 10.3. The van der Waals surface area contributed by atoms with Crippen LogP contribution in [0.2, 0.25) is 0 Å². The highest BCUT2D eigenvalue weighted by Crippen LogP contribution is 2.24. The van der Waals surface area contributed by atoms with Crippen molar-refractivity contribution >= 4 is 18.0 Å². The Morgan fingerprint density at radius 1 is 1.03 bits per heavy atom. The van der Waals surface area contributed by atoms with Crippen molar-refractivity contribution in [2.45, 2.75) is 70.6 Å². The minimum atomic E-state index is -0.505. The first-order chi connectivity index (χ1) is 14.2. The summed E-state index contributed by atoms with van der Waals surface area (Å²) in [5, 5.41) is 5.59. The molecule has 1 aromatic carbocycles. The summed E-state index contributed by atoms with van der Waals surface area (Å²) in [5.74, 6) is 0.0823. The van der Waals surface area contributed by atoms with Crippen molar-refractivity contribution in [1.29, 1.82) is 0 Å². The van der Waals surface area contributed by atoms with E-state index in [0.717, 1.165) is 25.7 Å². The summed E-state index contributed by atoms with van der Waals surface area (Å²) in [6.07, 6.45) is 3.13. The lowest BCUT2D eigenvalue weighted by Crippen LogP contribution is -2.42. The molecule has 1 saturated carbocycles. The minimum Gasteiger partial charge on any atom is -0.490 e. The van der Waals surface area contributed by atoms with E-state index >= 15 is 0 Å². The predicted octanol–water partition coefficient (Wildman–Crippen LogP) is 3.19. The van der Waals surface area contributed by atoms with Gasteiger partial charge in [0.2, 0.25) is 0 Å². The number of carbonyl (C=O) groups is 3. The van der Waals surface area contributed by atoms with E-state index in [1.54, 1.807) is 24.3 Å². The van der Waals surface area contributed by atoms with Crippen LogP contribution in [0.25, 0.3) is 0 Å². The molecule has 0 saturated heterocycles. The van der Waals surface area contributed by atoms with Gasteiger partial charge in [0, 0.05) is 18.2 Å². The van der Waals surface area contributed by atoms with Gasteiger partial charge >= 0.3 is 12.1 Å². The normalized spacial score (nSPS) is 18.8. The van der Waals surface area contributed by atoms with E-state index in [1.165, 1.54) is 7.11 Å². The zero-order valence-corrected chi connectivity index (χ0v) is 18.2. The molecule has 0 radical (unpaired) electrons. The van der Waals surface area contributed by atoms with Crippen molar-refractivity contribution in [2.24, 2.45) is 0 Å². The fourth-order valence-corrected chi connectivity index (χ4v) is 3.16. The smallest absolute Gasteiger partial charge is 0.407 e. The van der Waals surface area contributed by atoms with Gasteiger partial charge in [-0.25, -0.2) is 4.79 Å². The molecule has 0 unspecified atom stereocenters. The van der Waals surface area contributed by atoms with Gasteiger partial charge in [0.25, 0.3) is 5.91 Å². The molecule has 2 N–H and O–H groups in total. The number of hydrogen-bond acceptors (Lipinski definition) is 6. The third kappa shape index (κ3) is 8.31. The van der Waals surface area contributed by atoms with Crippen LogP contribution >= 0.6 is 0 Å². The van der Waals surface area contributed by atoms with Crippen LogP contribution in [0, 0.1) is 0 Å². The van der Waals surface area contributed by atoms with E-state index in [1.807, 2.05) is 20.8 Å². The van der Waals surface area contributed by atoms with Crippen molar-refractivity contribution in [3.8, 4) is 5.75 Å². The minimum absolute atomic E-state index is 0.0708. The van der Waals surface area contributed by atoms with Crippen LogP contribution in [0.4, 0.5) is 4.79 Å². The third-order valence-corrected chi connectivity index (χ3v) is 4.66. The highest BCUT2D eigenvalue weighted by molar-refractivity contribution is 5.94. The maximum atomic E-state index is 12.1. The SMILES string of the molecule is COC(=O)CCNC(=O)c1ccc(OC2CCC(NC(=O)OC(C)(C)C)CC2)cc1. The Labute approximate surface area is 177 Å². The zero-order valence-electron chi connectivity index (χ0n) is 18.2. The number of amides is 2. The summed E-state index contributed by atoms with van der Waals surface area (Å²) in [7, 11) is 1.31. The van der Waals surface area contributed by atoms with E-state index in [9.17, 15) is 14.4 Å². The molecule has 8 heteroatoms. The second-order valence-corrected chi connectivity index (χ2v) is 8.34.